The number of phenols is 1. The molecule has 3 N–H and O–H groups in total. The number of nitrogens with one attached hydrogen (secondary N) is 2. The minimum Gasteiger partial charge on any atom is -0.508 e. The zero-order valence-electron chi connectivity index (χ0n) is 9.03. The van der Waals surface area contributed by atoms with Crippen molar-refractivity contribution in [2.45, 2.75) is 18.8 Å². The lowest BCUT2D eigenvalue weighted by Gasteiger charge is -2.20. The van der Waals surface area contributed by atoms with Gasteiger partial charge in [0.1, 0.15) is 11.6 Å². The van der Waals surface area contributed by atoms with E-state index in [-0.39, 0.29) is 5.75 Å². The number of benzene rings is 1. The Morgan fingerprint density at radius 3 is 3.12 bits per heavy atom. The monoisotopic (exact) mass is 217 g/mol. The summed E-state index contributed by atoms with van der Waals surface area (Å²) in [6, 6.07) is 5.25. The van der Waals surface area contributed by atoms with Gasteiger partial charge in [-0.25, -0.2) is 4.98 Å². The van der Waals surface area contributed by atoms with Crippen molar-refractivity contribution in [2.75, 3.05) is 13.1 Å². The summed E-state index contributed by atoms with van der Waals surface area (Å²) in [4.78, 5) is 7.87. The van der Waals surface area contributed by atoms with E-state index in [9.17, 15) is 5.11 Å². The van der Waals surface area contributed by atoms with Crippen LogP contribution in [0.5, 0.6) is 5.75 Å². The molecule has 0 saturated carbocycles. The molecule has 1 aliphatic rings. The van der Waals surface area contributed by atoms with Gasteiger partial charge in [-0.2, -0.15) is 0 Å². The first-order chi connectivity index (χ1) is 7.83. The van der Waals surface area contributed by atoms with Crippen LogP contribution in [0.15, 0.2) is 18.2 Å². The second kappa shape index (κ2) is 3.79. The number of aromatic amines is 1. The molecule has 0 spiro atoms. The maximum atomic E-state index is 9.39. The summed E-state index contributed by atoms with van der Waals surface area (Å²) in [5.41, 5.74) is 1.85. The van der Waals surface area contributed by atoms with E-state index in [1.165, 1.54) is 12.8 Å². The molecule has 1 unspecified atom stereocenters. The number of aromatic hydroxyl groups is 1. The van der Waals surface area contributed by atoms with Crippen molar-refractivity contribution in [2.24, 2.45) is 0 Å². The molecule has 0 amide bonds. The van der Waals surface area contributed by atoms with Gasteiger partial charge in [-0.3, -0.25) is 0 Å². The first kappa shape index (κ1) is 9.66. The molecule has 1 saturated heterocycles. The Morgan fingerprint density at radius 1 is 1.38 bits per heavy atom. The highest BCUT2D eigenvalue weighted by molar-refractivity contribution is 5.76. The second-order valence-corrected chi connectivity index (χ2v) is 4.37. The Morgan fingerprint density at radius 2 is 2.31 bits per heavy atom. The van der Waals surface area contributed by atoms with Crippen LogP contribution in [-0.4, -0.2) is 28.2 Å². The van der Waals surface area contributed by atoms with Gasteiger partial charge in [0.05, 0.1) is 11.0 Å². The van der Waals surface area contributed by atoms with Crippen LogP contribution in [0.1, 0.15) is 24.6 Å². The molecule has 0 bridgehead atoms. The average Bonchev–Trinajstić information content (AvgIpc) is 2.73. The zero-order chi connectivity index (χ0) is 11.0. The van der Waals surface area contributed by atoms with Crippen LogP contribution in [0.4, 0.5) is 0 Å². The molecule has 4 nitrogen and oxygen atoms in total. The number of aromatic nitrogens is 2. The van der Waals surface area contributed by atoms with E-state index in [0.717, 1.165) is 29.9 Å². The minimum absolute atomic E-state index is 0.282. The van der Waals surface area contributed by atoms with Crippen molar-refractivity contribution < 1.29 is 5.11 Å². The van der Waals surface area contributed by atoms with E-state index in [0.29, 0.717) is 5.92 Å². The molecular weight excluding hydrogens is 202 g/mol. The highest BCUT2D eigenvalue weighted by Crippen LogP contribution is 2.24. The van der Waals surface area contributed by atoms with Gasteiger partial charge in [-0.15, -0.1) is 0 Å². The van der Waals surface area contributed by atoms with Gasteiger partial charge in [0, 0.05) is 18.5 Å². The molecule has 1 atom stereocenters. The predicted octanol–water partition coefficient (Wildman–Crippen LogP) is 1.74. The average molecular weight is 217 g/mol. The van der Waals surface area contributed by atoms with Crippen molar-refractivity contribution in [1.29, 1.82) is 0 Å². The van der Waals surface area contributed by atoms with Crippen molar-refractivity contribution in [1.82, 2.24) is 15.3 Å². The molecule has 4 heteroatoms. The number of hydrogen-bond acceptors (Lipinski definition) is 3. The number of phenolic OH excluding ortho intramolecular Hbond substituents is 1. The largest absolute Gasteiger partial charge is 0.508 e. The van der Waals surface area contributed by atoms with Crippen LogP contribution in [0.25, 0.3) is 11.0 Å². The summed E-state index contributed by atoms with van der Waals surface area (Å²) in [5.74, 6) is 1.79. The van der Waals surface area contributed by atoms with E-state index in [1.54, 1.807) is 12.1 Å². The van der Waals surface area contributed by atoms with E-state index < -0.39 is 0 Å². The van der Waals surface area contributed by atoms with Gasteiger partial charge in [0.25, 0.3) is 0 Å². The maximum Gasteiger partial charge on any atom is 0.117 e. The Kier molecular flexibility index (Phi) is 2.29. The topological polar surface area (TPSA) is 60.9 Å². The van der Waals surface area contributed by atoms with Gasteiger partial charge < -0.3 is 15.4 Å². The molecular formula is C12H15N3O. The number of nitrogens with zero attached hydrogens (tertiary/aromatic N) is 1. The Hall–Kier alpha value is -1.55. The Labute approximate surface area is 93.7 Å². The summed E-state index contributed by atoms with van der Waals surface area (Å²) in [6.45, 7) is 2.10. The lowest BCUT2D eigenvalue weighted by atomic mass is 9.99. The highest BCUT2D eigenvalue weighted by atomic mass is 16.3. The molecule has 0 radical (unpaired) electrons. The number of H-pyrrole nitrogens is 1. The Bertz CT molecular complexity index is 500. The molecule has 1 aliphatic heterocycles. The van der Waals surface area contributed by atoms with Crippen molar-refractivity contribution in [3.8, 4) is 5.75 Å². The molecule has 1 aromatic heterocycles. The second-order valence-electron chi connectivity index (χ2n) is 4.37. The third-order valence-corrected chi connectivity index (χ3v) is 3.17. The summed E-state index contributed by atoms with van der Waals surface area (Å²) < 4.78 is 0. The van der Waals surface area contributed by atoms with Crippen LogP contribution < -0.4 is 5.32 Å². The lowest BCUT2D eigenvalue weighted by Crippen LogP contribution is -2.28. The van der Waals surface area contributed by atoms with E-state index in [1.807, 2.05) is 6.07 Å². The number of imidazole rings is 1. The summed E-state index contributed by atoms with van der Waals surface area (Å²) in [5, 5.41) is 12.8. The van der Waals surface area contributed by atoms with Crippen LogP contribution in [-0.2, 0) is 0 Å². The summed E-state index contributed by atoms with van der Waals surface area (Å²) in [7, 11) is 0. The van der Waals surface area contributed by atoms with Gasteiger partial charge in [0.15, 0.2) is 0 Å². The standard InChI is InChI=1S/C12H15N3O/c16-9-3-4-10-11(6-9)15-12(14-10)8-2-1-5-13-7-8/h3-4,6,8,13,16H,1-2,5,7H2,(H,14,15). The molecule has 1 fully saturated rings. The van der Waals surface area contributed by atoms with Gasteiger partial charge >= 0.3 is 0 Å². The first-order valence-corrected chi connectivity index (χ1v) is 5.72. The summed E-state index contributed by atoms with van der Waals surface area (Å²) in [6.07, 6.45) is 2.38. The molecule has 2 aromatic rings. The predicted molar refractivity (Wildman–Crippen MR) is 62.6 cm³/mol. The quantitative estimate of drug-likeness (QED) is 0.681. The lowest BCUT2D eigenvalue weighted by molar-refractivity contribution is 0.449. The maximum absolute atomic E-state index is 9.39. The number of fused-ring (bicyclic) bond motifs is 1. The third-order valence-electron chi connectivity index (χ3n) is 3.17. The number of hydrogen-bond donors (Lipinski definition) is 3. The molecule has 1 aromatic carbocycles. The molecule has 84 valence electrons. The summed E-state index contributed by atoms with van der Waals surface area (Å²) >= 11 is 0. The fourth-order valence-electron chi connectivity index (χ4n) is 2.30. The smallest absolute Gasteiger partial charge is 0.117 e. The Balaban J connectivity index is 1.97. The fraction of sp³-hybridized carbons (Fsp3) is 0.417. The van der Waals surface area contributed by atoms with Gasteiger partial charge in [0.2, 0.25) is 0 Å². The van der Waals surface area contributed by atoms with E-state index in [4.69, 9.17) is 0 Å². The van der Waals surface area contributed by atoms with Crippen LogP contribution >= 0.6 is 0 Å². The van der Waals surface area contributed by atoms with Crippen LogP contribution in [0, 0.1) is 0 Å². The van der Waals surface area contributed by atoms with Crippen molar-refractivity contribution in [3.05, 3.63) is 24.0 Å². The zero-order valence-corrected chi connectivity index (χ0v) is 9.03. The van der Waals surface area contributed by atoms with Crippen molar-refractivity contribution >= 4 is 11.0 Å². The minimum atomic E-state index is 0.282. The molecule has 3 rings (SSSR count). The number of piperidine rings is 1. The molecule has 2 heterocycles. The van der Waals surface area contributed by atoms with Crippen molar-refractivity contribution in [3.63, 3.8) is 0 Å². The van der Waals surface area contributed by atoms with E-state index >= 15 is 0 Å². The van der Waals surface area contributed by atoms with Crippen LogP contribution in [0.3, 0.4) is 0 Å². The first-order valence-electron chi connectivity index (χ1n) is 5.72. The SMILES string of the molecule is Oc1ccc2nc(C3CCCNC3)[nH]c2c1. The third kappa shape index (κ3) is 1.65. The fourth-order valence-corrected chi connectivity index (χ4v) is 2.30. The molecule has 0 aliphatic carbocycles. The van der Waals surface area contributed by atoms with Crippen LogP contribution in [0.2, 0.25) is 0 Å². The normalized spacial score (nSPS) is 21.4. The van der Waals surface area contributed by atoms with Gasteiger partial charge in [-0.1, -0.05) is 0 Å². The molecule has 16 heavy (non-hydrogen) atoms. The highest BCUT2D eigenvalue weighted by Gasteiger charge is 2.18. The number of rotatable bonds is 1. The van der Waals surface area contributed by atoms with Gasteiger partial charge in [-0.05, 0) is 31.5 Å². The van der Waals surface area contributed by atoms with E-state index in [2.05, 4.69) is 15.3 Å².